The van der Waals surface area contributed by atoms with E-state index >= 15 is 0 Å². The predicted octanol–water partition coefficient (Wildman–Crippen LogP) is 6.73. The number of oxazole rings is 1. The maximum atomic E-state index is 12.9. The van der Waals surface area contributed by atoms with Crippen molar-refractivity contribution >= 4 is 50.2 Å². The SMILES string of the molecule is COc1nc(-c2cccc(-c3cccc(-c4nc5cc6c(c(Cl)c5o4)CC[C@H]6N4CC[C@@H](C(=O)NS(=O)(=O)C5CC5)C4)c3C)c2Cl)cnc1CN1CC[C@@H](O)C1. The Hall–Kier alpha value is -4.11. The Labute approximate surface area is 335 Å². The Morgan fingerprint density at radius 1 is 0.982 bits per heavy atom. The fourth-order valence-electron chi connectivity index (χ4n) is 8.60. The summed E-state index contributed by atoms with van der Waals surface area (Å²) in [5.41, 5.74) is 8.75. The Morgan fingerprint density at radius 3 is 2.50 bits per heavy atom. The number of hydrogen-bond donors (Lipinski definition) is 2. The van der Waals surface area contributed by atoms with Gasteiger partial charge in [-0.1, -0.05) is 53.5 Å². The largest absolute Gasteiger partial charge is 0.480 e. The second-order valence-electron chi connectivity index (χ2n) is 15.4. The lowest BCUT2D eigenvalue weighted by Crippen LogP contribution is -2.38. The van der Waals surface area contributed by atoms with Crippen LogP contribution in [0.3, 0.4) is 0 Å². The molecule has 0 bridgehead atoms. The molecule has 4 aliphatic rings. The molecule has 1 saturated carbocycles. The van der Waals surface area contributed by atoms with Crippen LogP contribution in [0.1, 0.15) is 60.5 Å². The molecule has 15 heteroatoms. The lowest BCUT2D eigenvalue weighted by molar-refractivity contribution is -0.122. The van der Waals surface area contributed by atoms with Crippen molar-refractivity contribution in [3.05, 3.63) is 81.1 Å². The maximum Gasteiger partial charge on any atom is 0.237 e. The average Bonchev–Trinajstić information content (AvgIpc) is 3.46. The molecule has 56 heavy (non-hydrogen) atoms. The van der Waals surface area contributed by atoms with E-state index in [9.17, 15) is 18.3 Å². The number of β-amino-alcohol motifs (C(OH)–C–C–N with tert-alkyl or cyclic N) is 1. The molecule has 0 spiro atoms. The minimum absolute atomic E-state index is 0.0457. The third kappa shape index (κ3) is 6.86. The van der Waals surface area contributed by atoms with E-state index in [-0.39, 0.29) is 18.1 Å². The molecule has 292 valence electrons. The van der Waals surface area contributed by atoms with E-state index in [1.54, 1.807) is 13.3 Å². The van der Waals surface area contributed by atoms with E-state index in [1.165, 1.54) is 0 Å². The van der Waals surface area contributed by atoms with Gasteiger partial charge in [-0.25, -0.2) is 18.4 Å². The molecule has 9 rings (SSSR count). The van der Waals surface area contributed by atoms with E-state index in [0.29, 0.717) is 95.3 Å². The molecule has 4 heterocycles. The fraction of sp³-hybridized carbons (Fsp3) is 0.415. The molecule has 0 unspecified atom stereocenters. The second kappa shape index (κ2) is 14.7. The molecule has 1 amide bonds. The van der Waals surface area contributed by atoms with Crippen LogP contribution in [-0.2, 0) is 27.8 Å². The molecule has 3 atom stereocenters. The highest BCUT2D eigenvalue weighted by Gasteiger charge is 2.41. The summed E-state index contributed by atoms with van der Waals surface area (Å²) < 4.78 is 39.2. The Kier molecular flexibility index (Phi) is 9.82. The summed E-state index contributed by atoms with van der Waals surface area (Å²) in [5.74, 6) is 0.0773. The van der Waals surface area contributed by atoms with Crippen molar-refractivity contribution in [2.75, 3.05) is 33.3 Å². The van der Waals surface area contributed by atoms with Crippen molar-refractivity contribution in [2.24, 2.45) is 5.92 Å². The van der Waals surface area contributed by atoms with Crippen LogP contribution >= 0.6 is 23.2 Å². The van der Waals surface area contributed by atoms with Gasteiger partial charge in [-0.3, -0.25) is 24.3 Å². The van der Waals surface area contributed by atoms with Gasteiger partial charge in [-0.15, -0.1) is 0 Å². The van der Waals surface area contributed by atoms with Crippen molar-refractivity contribution in [1.29, 1.82) is 0 Å². The Balaban J connectivity index is 0.975. The van der Waals surface area contributed by atoms with Gasteiger partial charge in [-0.2, -0.15) is 0 Å². The van der Waals surface area contributed by atoms with Gasteiger partial charge in [0.25, 0.3) is 0 Å². The normalized spacial score (nSPS) is 21.6. The Bertz CT molecular complexity index is 2490. The molecule has 2 N–H and O–H groups in total. The van der Waals surface area contributed by atoms with Crippen LogP contribution in [0.25, 0.3) is 44.9 Å². The summed E-state index contributed by atoms with van der Waals surface area (Å²) >= 11 is 14.2. The summed E-state index contributed by atoms with van der Waals surface area (Å²) in [6, 6.07) is 13.9. The standard InChI is InChI=1S/C41H42Cl2N6O6S/c1-22-26(28-7-4-8-30(36(28)42)33-18-44-34(41(46-33)54-2)21-48-15-14-24(50)20-48)5-3-6-27(22)40-45-32-17-31-29(37(43)38(32)55-40)11-12-35(31)49-16-13-23(19-49)39(51)47-56(52,53)25-9-10-25/h3-8,17-18,23-25,35,50H,9-16,19-21H2,1-2H3,(H,47,51)/t23-,24-,35-/m1/s1. The number of aromatic nitrogens is 3. The number of amides is 1. The third-order valence-corrected chi connectivity index (χ3v) is 14.4. The first-order valence-corrected chi connectivity index (χ1v) is 21.4. The summed E-state index contributed by atoms with van der Waals surface area (Å²) in [7, 11) is -2.01. The van der Waals surface area contributed by atoms with E-state index in [1.807, 2.05) is 43.3 Å². The van der Waals surface area contributed by atoms with Gasteiger partial charge in [0.05, 0.1) is 46.3 Å². The molecule has 2 saturated heterocycles. The van der Waals surface area contributed by atoms with Gasteiger partial charge in [-0.05, 0) is 86.4 Å². The number of fused-ring (bicyclic) bond motifs is 2. The molecular weight excluding hydrogens is 775 g/mol. The molecule has 2 aromatic heterocycles. The lowest BCUT2D eigenvalue weighted by atomic mass is 9.94. The fourth-order valence-corrected chi connectivity index (χ4v) is 10.6. The first-order chi connectivity index (χ1) is 27.0. The van der Waals surface area contributed by atoms with E-state index in [4.69, 9.17) is 47.3 Å². The number of hydrogen-bond acceptors (Lipinski definition) is 11. The minimum atomic E-state index is -3.58. The first-order valence-electron chi connectivity index (χ1n) is 19.1. The molecule has 3 fully saturated rings. The molecule has 12 nitrogen and oxygen atoms in total. The summed E-state index contributed by atoms with van der Waals surface area (Å²) in [6.07, 6.45) is 5.55. The van der Waals surface area contributed by atoms with Gasteiger partial charge in [0.2, 0.25) is 27.7 Å². The highest BCUT2D eigenvalue weighted by Crippen LogP contribution is 2.46. The maximum absolute atomic E-state index is 12.9. The van der Waals surface area contributed by atoms with Gasteiger partial charge in [0.15, 0.2) is 5.58 Å². The van der Waals surface area contributed by atoms with Crippen LogP contribution in [0.2, 0.25) is 10.0 Å². The van der Waals surface area contributed by atoms with Crippen molar-refractivity contribution < 1.29 is 27.5 Å². The number of ether oxygens (including phenoxy) is 1. The van der Waals surface area contributed by atoms with Crippen molar-refractivity contribution in [1.82, 2.24) is 29.5 Å². The highest BCUT2D eigenvalue weighted by molar-refractivity contribution is 7.90. The zero-order valence-electron chi connectivity index (χ0n) is 31.1. The number of halogens is 2. The number of carbonyl (C=O) groups is 1. The number of aliphatic hydroxyl groups is 1. The van der Waals surface area contributed by atoms with Crippen LogP contribution in [0.4, 0.5) is 0 Å². The van der Waals surface area contributed by atoms with Crippen LogP contribution in [0.15, 0.2) is 53.1 Å². The van der Waals surface area contributed by atoms with Crippen LogP contribution in [0.5, 0.6) is 5.88 Å². The number of nitrogens with zero attached hydrogens (tertiary/aromatic N) is 5. The van der Waals surface area contributed by atoms with Gasteiger partial charge < -0.3 is 14.3 Å². The van der Waals surface area contributed by atoms with Gasteiger partial charge >= 0.3 is 0 Å². The lowest BCUT2D eigenvalue weighted by Gasteiger charge is -2.25. The van der Waals surface area contributed by atoms with Crippen molar-refractivity contribution in [3.8, 4) is 39.7 Å². The molecule has 2 aliphatic carbocycles. The van der Waals surface area contributed by atoms with Crippen molar-refractivity contribution in [2.45, 2.75) is 69.4 Å². The molecule has 2 aliphatic heterocycles. The number of rotatable bonds is 10. The van der Waals surface area contributed by atoms with Gasteiger partial charge in [0.1, 0.15) is 11.2 Å². The predicted molar refractivity (Wildman–Crippen MR) is 214 cm³/mol. The number of aliphatic hydroxyl groups excluding tert-OH is 1. The van der Waals surface area contributed by atoms with E-state index < -0.39 is 21.2 Å². The summed E-state index contributed by atoms with van der Waals surface area (Å²) in [5, 5.41) is 10.6. The smallest absolute Gasteiger partial charge is 0.237 e. The Morgan fingerprint density at radius 2 is 1.75 bits per heavy atom. The topological polar surface area (TPSA) is 151 Å². The average molecular weight is 818 g/mol. The highest BCUT2D eigenvalue weighted by atomic mass is 35.5. The van der Waals surface area contributed by atoms with Crippen LogP contribution < -0.4 is 9.46 Å². The second-order valence-corrected chi connectivity index (χ2v) is 18.1. The molecule has 0 radical (unpaired) electrons. The zero-order valence-corrected chi connectivity index (χ0v) is 33.4. The number of sulfonamides is 1. The molecular formula is C41H42Cl2N6O6S. The number of nitrogens with one attached hydrogen (secondary N) is 1. The number of likely N-dealkylation sites (tertiary alicyclic amines) is 2. The van der Waals surface area contributed by atoms with Crippen LogP contribution in [0, 0.1) is 12.8 Å². The quantitative estimate of drug-likeness (QED) is 0.155. The minimum Gasteiger partial charge on any atom is -0.480 e. The molecule has 5 aromatic rings. The zero-order chi connectivity index (χ0) is 38.9. The van der Waals surface area contributed by atoms with E-state index in [0.717, 1.165) is 59.2 Å². The summed E-state index contributed by atoms with van der Waals surface area (Å²) in [6.45, 7) is 5.12. The first kappa shape index (κ1) is 37.5. The summed E-state index contributed by atoms with van der Waals surface area (Å²) in [4.78, 5) is 31.8. The van der Waals surface area contributed by atoms with E-state index in [2.05, 4.69) is 20.6 Å². The number of benzene rings is 3. The monoisotopic (exact) mass is 816 g/mol. The van der Waals surface area contributed by atoms with Crippen molar-refractivity contribution in [3.63, 3.8) is 0 Å². The number of methoxy groups -OCH3 is 1. The van der Waals surface area contributed by atoms with Crippen LogP contribution in [-0.4, -0.2) is 88.8 Å². The molecule has 3 aromatic carbocycles. The number of carbonyl (C=O) groups excluding carboxylic acids is 1. The van der Waals surface area contributed by atoms with Gasteiger partial charge in [0, 0.05) is 48.9 Å². The third-order valence-electron chi connectivity index (χ3n) is 11.8.